The predicted octanol–water partition coefficient (Wildman–Crippen LogP) is 3.46. The number of nitrogens with one attached hydrogen (secondary N) is 1. The summed E-state index contributed by atoms with van der Waals surface area (Å²) in [4.78, 5) is 12.8. The quantitative estimate of drug-likeness (QED) is 0.906. The molecule has 2 N–H and O–H groups in total. The molecule has 122 valence electrons. The van der Waals surface area contributed by atoms with Crippen molar-refractivity contribution < 1.29 is 14.4 Å². The molecular weight excluding hydrogens is 292 g/mol. The van der Waals surface area contributed by atoms with Gasteiger partial charge < -0.3 is 14.9 Å². The summed E-state index contributed by atoms with van der Waals surface area (Å²) in [5.74, 6) is 0.00469. The number of carbonyl (C=O) groups excluding carboxylic acids is 1. The molecule has 23 heavy (non-hydrogen) atoms. The lowest BCUT2D eigenvalue weighted by Gasteiger charge is -2.22. The van der Waals surface area contributed by atoms with E-state index in [-0.39, 0.29) is 17.7 Å². The topological polar surface area (TPSA) is 75.4 Å². The molecule has 1 aliphatic carbocycles. The summed E-state index contributed by atoms with van der Waals surface area (Å²) in [6, 6.07) is 9.61. The fourth-order valence-electron chi connectivity index (χ4n) is 3.10. The average molecular weight is 314 g/mol. The molecule has 5 heteroatoms. The van der Waals surface area contributed by atoms with Crippen molar-refractivity contribution in [2.24, 2.45) is 0 Å². The Balaban J connectivity index is 1.92. The number of carbonyl (C=O) groups is 1. The van der Waals surface area contributed by atoms with Crippen molar-refractivity contribution in [3.63, 3.8) is 0 Å². The van der Waals surface area contributed by atoms with E-state index < -0.39 is 6.10 Å². The molecule has 0 spiro atoms. The third-order valence-corrected chi connectivity index (χ3v) is 4.31. The van der Waals surface area contributed by atoms with E-state index in [1.807, 2.05) is 30.3 Å². The Labute approximate surface area is 135 Å². The molecule has 3 rings (SSSR count). The maximum Gasteiger partial charge on any atom is 0.257 e. The van der Waals surface area contributed by atoms with Crippen LogP contribution in [0.15, 0.2) is 34.9 Å². The molecule has 0 bridgehead atoms. The third-order valence-electron chi connectivity index (χ3n) is 4.31. The van der Waals surface area contributed by atoms with Crippen LogP contribution in [-0.4, -0.2) is 22.2 Å². The van der Waals surface area contributed by atoms with Crippen molar-refractivity contribution in [2.45, 2.75) is 51.2 Å². The molecule has 1 unspecified atom stereocenters. The number of aliphatic hydroxyl groups excluding tert-OH is 1. The lowest BCUT2D eigenvalue weighted by atomic mass is 9.95. The SMILES string of the molecule is CC(O)c1onc(-c2ccccc2)c1C(=O)NC1CCCCC1. The molecule has 0 aliphatic heterocycles. The molecule has 0 radical (unpaired) electrons. The first-order valence-electron chi connectivity index (χ1n) is 8.20. The zero-order valence-electron chi connectivity index (χ0n) is 13.3. The highest BCUT2D eigenvalue weighted by Gasteiger charge is 2.28. The zero-order valence-corrected chi connectivity index (χ0v) is 13.3. The van der Waals surface area contributed by atoms with Crippen LogP contribution in [0.1, 0.15) is 61.3 Å². The Kier molecular flexibility index (Phi) is 4.76. The van der Waals surface area contributed by atoms with Crippen LogP contribution in [0.2, 0.25) is 0 Å². The van der Waals surface area contributed by atoms with E-state index in [4.69, 9.17) is 4.52 Å². The van der Waals surface area contributed by atoms with Crippen LogP contribution in [0.3, 0.4) is 0 Å². The first-order chi connectivity index (χ1) is 11.2. The predicted molar refractivity (Wildman–Crippen MR) is 86.9 cm³/mol. The zero-order chi connectivity index (χ0) is 16.2. The number of hydrogen-bond acceptors (Lipinski definition) is 4. The fourth-order valence-corrected chi connectivity index (χ4v) is 3.10. The molecule has 2 aromatic rings. The third kappa shape index (κ3) is 3.45. The van der Waals surface area contributed by atoms with Crippen molar-refractivity contribution in [2.75, 3.05) is 0 Å². The number of aromatic nitrogens is 1. The summed E-state index contributed by atoms with van der Waals surface area (Å²) >= 11 is 0. The van der Waals surface area contributed by atoms with Gasteiger partial charge in [-0.3, -0.25) is 4.79 Å². The van der Waals surface area contributed by atoms with Crippen LogP contribution < -0.4 is 5.32 Å². The van der Waals surface area contributed by atoms with Crippen LogP contribution in [0.5, 0.6) is 0 Å². The van der Waals surface area contributed by atoms with Gasteiger partial charge in [-0.05, 0) is 19.8 Å². The van der Waals surface area contributed by atoms with Crippen molar-refractivity contribution in [1.29, 1.82) is 0 Å². The summed E-state index contributed by atoms with van der Waals surface area (Å²) in [5, 5.41) is 17.0. The minimum atomic E-state index is -0.882. The maximum atomic E-state index is 12.8. The standard InChI is InChI=1S/C18H22N2O3/c1-12(21)17-15(18(22)19-14-10-6-3-7-11-14)16(20-23-17)13-8-4-2-5-9-13/h2,4-5,8-9,12,14,21H,3,6-7,10-11H2,1H3,(H,19,22). The number of aliphatic hydroxyl groups is 1. The van der Waals surface area contributed by atoms with Crippen molar-refractivity contribution in [3.8, 4) is 11.3 Å². The van der Waals surface area contributed by atoms with E-state index >= 15 is 0 Å². The molecule has 0 saturated heterocycles. The van der Waals surface area contributed by atoms with Gasteiger partial charge in [-0.2, -0.15) is 0 Å². The fraction of sp³-hybridized carbons (Fsp3) is 0.444. The summed E-state index contributed by atoms with van der Waals surface area (Å²) < 4.78 is 5.26. The second kappa shape index (κ2) is 6.96. The first kappa shape index (κ1) is 15.7. The van der Waals surface area contributed by atoms with Gasteiger partial charge in [0, 0.05) is 11.6 Å². The highest BCUT2D eigenvalue weighted by atomic mass is 16.5. The van der Waals surface area contributed by atoms with Gasteiger partial charge in [0.25, 0.3) is 5.91 Å². The second-order valence-electron chi connectivity index (χ2n) is 6.12. The van der Waals surface area contributed by atoms with E-state index in [2.05, 4.69) is 10.5 Å². The molecule has 1 atom stereocenters. The van der Waals surface area contributed by atoms with Crippen LogP contribution in [-0.2, 0) is 0 Å². The highest BCUT2D eigenvalue weighted by Crippen LogP contribution is 2.29. The van der Waals surface area contributed by atoms with Gasteiger partial charge in [0.15, 0.2) is 5.76 Å². The molecule has 1 aromatic carbocycles. The molecule has 1 aromatic heterocycles. The van der Waals surface area contributed by atoms with E-state index in [9.17, 15) is 9.90 Å². The minimum Gasteiger partial charge on any atom is -0.385 e. The Morgan fingerprint density at radius 1 is 1.26 bits per heavy atom. The van der Waals surface area contributed by atoms with Crippen molar-refractivity contribution in [3.05, 3.63) is 41.7 Å². The van der Waals surface area contributed by atoms with Crippen molar-refractivity contribution >= 4 is 5.91 Å². The molecule has 5 nitrogen and oxygen atoms in total. The first-order valence-corrected chi connectivity index (χ1v) is 8.20. The monoisotopic (exact) mass is 314 g/mol. The number of benzene rings is 1. The molecule has 1 saturated carbocycles. The lowest BCUT2D eigenvalue weighted by molar-refractivity contribution is 0.0915. The Morgan fingerprint density at radius 2 is 1.96 bits per heavy atom. The van der Waals surface area contributed by atoms with E-state index in [1.165, 1.54) is 6.42 Å². The Bertz CT molecular complexity index is 658. The molecular formula is C18H22N2O3. The van der Waals surface area contributed by atoms with E-state index in [0.717, 1.165) is 31.2 Å². The number of rotatable bonds is 4. The van der Waals surface area contributed by atoms with E-state index in [0.29, 0.717) is 11.3 Å². The minimum absolute atomic E-state index is 0.191. The number of hydrogen-bond donors (Lipinski definition) is 2. The van der Waals surface area contributed by atoms with E-state index in [1.54, 1.807) is 6.92 Å². The van der Waals surface area contributed by atoms with Gasteiger partial charge in [-0.15, -0.1) is 0 Å². The highest BCUT2D eigenvalue weighted by molar-refractivity contribution is 6.01. The van der Waals surface area contributed by atoms with Crippen LogP contribution >= 0.6 is 0 Å². The van der Waals surface area contributed by atoms with Gasteiger partial charge in [0.2, 0.25) is 0 Å². The molecule has 1 fully saturated rings. The Hall–Kier alpha value is -2.14. The van der Waals surface area contributed by atoms with Gasteiger partial charge >= 0.3 is 0 Å². The lowest BCUT2D eigenvalue weighted by Crippen LogP contribution is -2.36. The van der Waals surface area contributed by atoms with Gasteiger partial charge in [0.1, 0.15) is 17.4 Å². The molecule has 1 heterocycles. The van der Waals surface area contributed by atoms with Gasteiger partial charge in [-0.1, -0.05) is 54.8 Å². The summed E-state index contributed by atoms with van der Waals surface area (Å²) in [6.45, 7) is 1.58. The molecule has 1 aliphatic rings. The summed E-state index contributed by atoms with van der Waals surface area (Å²) in [7, 11) is 0. The van der Waals surface area contributed by atoms with Gasteiger partial charge in [0.05, 0.1) is 0 Å². The van der Waals surface area contributed by atoms with Crippen LogP contribution in [0, 0.1) is 0 Å². The number of amides is 1. The normalized spacial score (nSPS) is 17.0. The maximum absolute atomic E-state index is 12.8. The van der Waals surface area contributed by atoms with Gasteiger partial charge in [-0.25, -0.2) is 0 Å². The summed E-state index contributed by atoms with van der Waals surface area (Å²) in [6.07, 6.45) is 4.64. The van der Waals surface area contributed by atoms with Crippen LogP contribution in [0.4, 0.5) is 0 Å². The Morgan fingerprint density at radius 3 is 2.61 bits per heavy atom. The van der Waals surface area contributed by atoms with Crippen molar-refractivity contribution in [1.82, 2.24) is 10.5 Å². The largest absolute Gasteiger partial charge is 0.385 e. The number of nitrogens with zero attached hydrogens (tertiary/aromatic N) is 1. The molecule has 1 amide bonds. The second-order valence-corrected chi connectivity index (χ2v) is 6.12. The summed E-state index contributed by atoms with van der Waals surface area (Å²) in [5.41, 5.74) is 1.63. The van der Waals surface area contributed by atoms with Crippen LogP contribution in [0.25, 0.3) is 11.3 Å². The average Bonchev–Trinajstić information content (AvgIpc) is 3.02. The smallest absolute Gasteiger partial charge is 0.257 e.